The van der Waals surface area contributed by atoms with Crippen LogP contribution >= 0.6 is 11.6 Å². The van der Waals surface area contributed by atoms with Crippen molar-refractivity contribution in [1.29, 1.82) is 0 Å². The quantitative estimate of drug-likeness (QED) is 0.739. The van der Waals surface area contributed by atoms with E-state index in [2.05, 4.69) is 10.3 Å². The van der Waals surface area contributed by atoms with E-state index < -0.39 is 17.2 Å². The molecule has 0 aliphatic heterocycles. The SMILES string of the molecule is COC1CC(C(N)=O)(C(=O)Nc2ccc(Oc3ccc(Cl)cn3)c(C)c2)C1. The maximum Gasteiger partial charge on any atom is 0.240 e. The van der Waals surface area contributed by atoms with Gasteiger partial charge in [0, 0.05) is 25.1 Å². The maximum absolute atomic E-state index is 12.6. The molecule has 0 bridgehead atoms. The van der Waals surface area contributed by atoms with Crippen molar-refractivity contribution < 1.29 is 19.1 Å². The Morgan fingerprint density at radius 2 is 2.04 bits per heavy atom. The molecule has 0 spiro atoms. The Labute approximate surface area is 161 Å². The molecule has 8 heteroatoms. The van der Waals surface area contributed by atoms with Crippen molar-refractivity contribution in [3.63, 3.8) is 0 Å². The number of nitrogens with one attached hydrogen (secondary N) is 1. The summed E-state index contributed by atoms with van der Waals surface area (Å²) in [5, 5.41) is 3.29. The normalized spacial score (nSPS) is 21.2. The highest BCUT2D eigenvalue weighted by Crippen LogP contribution is 2.43. The van der Waals surface area contributed by atoms with Gasteiger partial charge < -0.3 is 20.5 Å². The topological polar surface area (TPSA) is 104 Å². The third-order valence-electron chi connectivity index (χ3n) is 4.74. The number of nitrogens with two attached hydrogens (primary N) is 1. The zero-order valence-electron chi connectivity index (χ0n) is 15.0. The molecule has 27 heavy (non-hydrogen) atoms. The lowest BCUT2D eigenvalue weighted by Gasteiger charge is -2.42. The lowest BCUT2D eigenvalue weighted by molar-refractivity contribution is -0.154. The summed E-state index contributed by atoms with van der Waals surface area (Å²) < 4.78 is 10.9. The van der Waals surface area contributed by atoms with Crippen LogP contribution in [-0.4, -0.2) is 30.0 Å². The molecule has 1 aromatic heterocycles. The lowest BCUT2D eigenvalue weighted by atomic mass is 9.65. The van der Waals surface area contributed by atoms with Crippen molar-refractivity contribution in [3.8, 4) is 11.6 Å². The van der Waals surface area contributed by atoms with Crippen LogP contribution in [0.4, 0.5) is 5.69 Å². The van der Waals surface area contributed by atoms with Gasteiger partial charge in [0.2, 0.25) is 17.7 Å². The predicted octanol–water partition coefficient (Wildman–Crippen LogP) is 3.05. The molecule has 7 nitrogen and oxygen atoms in total. The molecule has 2 aromatic rings. The van der Waals surface area contributed by atoms with Gasteiger partial charge in [-0.3, -0.25) is 9.59 Å². The van der Waals surface area contributed by atoms with Gasteiger partial charge >= 0.3 is 0 Å². The lowest BCUT2D eigenvalue weighted by Crippen LogP contribution is -2.57. The molecule has 3 rings (SSSR count). The number of primary amides is 1. The van der Waals surface area contributed by atoms with Crippen LogP contribution in [0, 0.1) is 12.3 Å². The first-order valence-corrected chi connectivity index (χ1v) is 8.76. The highest BCUT2D eigenvalue weighted by molar-refractivity contribution is 6.30. The Morgan fingerprint density at radius 3 is 2.59 bits per heavy atom. The fourth-order valence-electron chi connectivity index (χ4n) is 3.01. The smallest absolute Gasteiger partial charge is 0.240 e. The van der Waals surface area contributed by atoms with Crippen molar-refractivity contribution in [2.75, 3.05) is 12.4 Å². The van der Waals surface area contributed by atoms with E-state index in [1.165, 1.54) is 6.20 Å². The van der Waals surface area contributed by atoms with Crippen LogP contribution in [-0.2, 0) is 14.3 Å². The van der Waals surface area contributed by atoms with Gasteiger partial charge in [-0.2, -0.15) is 0 Å². The minimum Gasteiger partial charge on any atom is -0.439 e. The summed E-state index contributed by atoms with van der Waals surface area (Å²) in [5.74, 6) is -0.0582. The van der Waals surface area contributed by atoms with Crippen LogP contribution in [0.5, 0.6) is 11.6 Å². The van der Waals surface area contributed by atoms with Crippen molar-refractivity contribution in [3.05, 3.63) is 47.1 Å². The predicted molar refractivity (Wildman–Crippen MR) is 101 cm³/mol. The van der Waals surface area contributed by atoms with Gasteiger partial charge in [0.15, 0.2) is 0 Å². The fraction of sp³-hybridized carbons (Fsp3) is 0.316. The van der Waals surface area contributed by atoms with Crippen LogP contribution in [0.3, 0.4) is 0 Å². The number of aryl methyl sites for hydroxylation is 1. The van der Waals surface area contributed by atoms with E-state index in [0.717, 1.165) is 5.56 Å². The molecule has 2 amide bonds. The number of aromatic nitrogens is 1. The van der Waals surface area contributed by atoms with Gasteiger partial charge in [0.25, 0.3) is 0 Å². The van der Waals surface area contributed by atoms with E-state index in [9.17, 15) is 9.59 Å². The van der Waals surface area contributed by atoms with Crippen molar-refractivity contribution in [2.24, 2.45) is 11.1 Å². The molecule has 1 fully saturated rings. The second-order valence-corrected chi connectivity index (χ2v) is 7.00. The first kappa shape index (κ1) is 19.1. The Bertz CT molecular complexity index is 864. The van der Waals surface area contributed by atoms with E-state index in [0.29, 0.717) is 22.3 Å². The van der Waals surface area contributed by atoms with Gasteiger partial charge in [-0.1, -0.05) is 11.6 Å². The Balaban J connectivity index is 1.71. The summed E-state index contributed by atoms with van der Waals surface area (Å²) in [6.45, 7) is 1.84. The molecule has 1 saturated carbocycles. The number of hydrogen-bond donors (Lipinski definition) is 2. The first-order chi connectivity index (χ1) is 12.8. The Kier molecular flexibility index (Phi) is 5.34. The number of halogens is 1. The molecular weight excluding hydrogens is 370 g/mol. The standard InChI is InChI=1S/C19H20ClN3O4/c1-11-7-13(4-5-15(11)27-16-6-3-12(20)10-22-16)23-18(25)19(17(21)24)8-14(9-19)26-2/h3-7,10,14H,8-9H2,1-2H3,(H2,21,24)(H,23,25). The Morgan fingerprint density at radius 1 is 1.30 bits per heavy atom. The number of methoxy groups -OCH3 is 1. The Hall–Kier alpha value is -2.64. The van der Waals surface area contributed by atoms with E-state index in [1.807, 2.05) is 6.92 Å². The van der Waals surface area contributed by atoms with Gasteiger partial charge in [0.1, 0.15) is 11.2 Å². The van der Waals surface area contributed by atoms with E-state index in [1.54, 1.807) is 37.4 Å². The number of rotatable bonds is 6. The summed E-state index contributed by atoms with van der Waals surface area (Å²) in [4.78, 5) is 28.5. The van der Waals surface area contributed by atoms with E-state index >= 15 is 0 Å². The van der Waals surface area contributed by atoms with Gasteiger partial charge in [0.05, 0.1) is 11.1 Å². The average molecular weight is 390 g/mol. The molecule has 0 unspecified atom stereocenters. The zero-order valence-corrected chi connectivity index (χ0v) is 15.7. The van der Waals surface area contributed by atoms with Crippen molar-refractivity contribution in [2.45, 2.75) is 25.9 Å². The average Bonchev–Trinajstić information content (AvgIpc) is 2.58. The molecule has 1 aromatic carbocycles. The molecule has 0 radical (unpaired) electrons. The zero-order chi connectivity index (χ0) is 19.6. The van der Waals surface area contributed by atoms with E-state index in [-0.39, 0.29) is 18.9 Å². The van der Waals surface area contributed by atoms with Crippen LogP contribution in [0.1, 0.15) is 18.4 Å². The van der Waals surface area contributed by atoms with Crippen LogP contribution < -0.4 is 15.8 Å². The number of carbonyl (C=O) groups is 2. The molecule has 0 saturated heterocycles. The van der Waals surface area contributed by atoms with Crippen LogP contribution in [0.15, 0.2) is 36.5 Å². The van der Waals surface area contributed by atoms with Gasteiger partial charge in [-0.25, -0.2) is 4.98 Å². The van der Waals surface area contributed by atoms with Crippen molar-refractivity contribution >= 4 is 29.1 Å². The number of anilines is 1. The molecule has 1 aliphatic carbocycles. The summed E-state index contributed by atoms with van der Waals surface area (Å²) in [6.07, 6.45) is 1.93. The van der Waals surface area contributed by atoms with E-state index in [4.69, 9.17) is 26.8 Å². The molecule has 0 atom stereocenters. The van der Waals surface area contributed by atoms with Crippen molar-refractivity contribution in [1.82, 2.24) is 4.98 Å². The minimum absolute atomic E-state index is 0.132. The number of nitrogens with zero attached hydrogens (tertiary/aromatic N) is 1. The summed E-state index contributed by atoms with van der Waals surface area (Å²) >= 11 is 5.81. The third-order valence-corrected chi connectivity index (χ3v) is 4.96. The number of amides is 2. The fourth-order valence-corrected chi connectivity index (χ4v) is 3.12. The highest BCUT2D eigenvalue weighted by atomic mass is 35.5. The summed E-state index contributed by atoms with van der Waals surface area (Å²) in [5.41, 5.74) is 5.58. The summed E-state index contributed by atoms with van der Waals surface area (Å²) in [6, 6.07) is 8.51. The highest BCUT2D eigenvalue weighted by Gasteiger charge is 2.55. The number of ether oxygens (including phenoxy) is 2. The number of hydrogen-bond acceptors (Lipinski definition) is 5. The number of carbonyl (C=O) groups excluding carboxylic acids is 2. The van der Waals surface area contributed by atoms with Gasteiger partial charge in [-0.05, 0) is 49.6 Å². The van der Waals surface area contributed by atoms with Gasteiger partial charge in [-0.15, -0.1) is 0 Å². The summed E-state index contributed by atoms with van der Waals surface area (Å²) in [7, 11) is 1.55. The largest absolute Gasteiger partial charge is 0.439 e. The van der Waals surface area contributed by atoms with Crippen LogP contribution in [0.2, 0.25) is 5.02 Å². The molecular formula is C19H20ClN3O4. The second-order valence-electron chi connectivity index (χ2n) is 6.56. The second kappa shape index (κ2) is 7.54. The van der Waals surface area contributed by atoms with Crippen LogP contribution in [0.25, 0.3) is 0 Å². The number of pyridine rings is 1. The molecule has 1 aliphatic rings. The third kappa shape index (κ3) is 3.89. The molecule has 3 N–H and O–H groups in total. The maximum atomic E-state index is 12.6. The first-order valence-electron chi connectivity index (χ1n) is 8.38. The monoisotopic (exact) mass is 389 g/mol. The number of benzene rings is 1. The molecule has 142 valence electrons. The minimum atomic E-state index is -1.23. The molecule has 1 heterocycles.